The van der Waals surface area contributed by atoms with E-state index in [4.69, 9.17) is 22.1 Å². The van der Waals surface area contributed by atoms with Gasteiger partial charge in [-0.2, -0.15) is 5.26 Å². The zero-order valence-corrected chi connectivity index (χ0v) is 8.86. The number of carbonyl (C=O) groups excluding carboxylic acids is 1. The summed E-state index contributed by atoms with van der Waals surface area (Å²) in [6.07, 6.45) is 4.05. The van der Waals surface area contributed by atoms with Gasteiger partial charge in [0.15, 0.2) is 0 Å². The van der Waals surface area contributed by atoms with Crippen LogP contribution in [0.25, 0.3) is 0 Å². The lowest BCUT2D eigenvalue weighted by Crippen LogP contribution is -2.32. The second kappa shape index (κ2) is 5.16. The number of nitrogens with one attached hydrogen (secondary N) is 2. The van der Waals surface area contributed by atoms with Gasteiger partial charge in [0.2, 0.25) is 0 Å². The summed E-state index contributed by atoms with van der Waals surface area (Å²) in [5, 5.41) is 18.9. The van der Waals surface area contributed by atoms with Gasteiger partial charge in [-0.15, -0.1) is 0 Å². The Morgan fingerprint density at radius 2 is 2.19 bits per heavy atom. The van der Waals surface area contributed by atoms with E-state index >= 15 is 0 Å². The van der Waals surface area contributed by atoms with Crippen LogP contribution in [-0.4, -0.2) is 17.8 Å². The number of hydrogen-bond donors (Lipinski definition) is 4. The van der Waals surface area contributed by atoms with Crippen molar-refractivity contribution in [1.29, 1.82) is 10.7 Å². The quantitative estimate of drug-likeness (QED) is 0.291. The van der Waals surface area contributed by atoms with Gasteiger partial charge in [-0.3, -0.25) is 10.2 Å². The van der Waals surface area contributed by atoms with Crippen LogP contribution in [0.2, 0.25) is 0 Å². The molecule has 0 spiro atoms. The van der Waals surface area contributed by atoms with Crippen LogP contribution in [0.15, 0.2) is 11.8 Å². The zero-order valence-electron chi connectivity index (χ0n) is 8.86. The molecule has 0 aromatic carbocycles. The monoisotopic (exact) mass is 221 g/mol. The third kappa shape index (κ3) is 2.73. The van der Waals surface area contributed by atoms with E-state index in [0.29, 0.717) is 0 Å². The highest BCUT2D eigenvalue weighted by atomic mass is 16.1. The predicted molar refractivity (Wildman–Crippen MR) is 59.1 cm³/mol. The van der Waals surface area contributed by atoms with Crippen LogP contribution in [0.4, 0.5) is 0 Å². The van der Waals surface area contributed by atoms with Gasteiger partial charge >= 0.3 is 0 Å². The van der Waals surface area contributed by atoms with Gasteiger partial charge in [-0.1, -0.05) is 0 Å². The molecule has 1 amide bonds. The summed E-state index contributed by atoms with van der Waals surface area (Å²) in [5.41, 5.74) is 10.2. The molecule has 1 saturated carbocycles. The van der Waals surface area contributed by atoms with Crippen molar-refractivity contribution in [2.45, 2.75) is 25.3 Å². The summed E-state index contributed by atoms with van der Waals surface area (Å²) in [7, 11) is 0. The average molecular weight is 221 g/mol. The molecule has 16 heavy (non-hydrogen) atoms. The lowest BCUT2D eigenvalue weighted by molar-refractivity contribution is -0.114. The van der Waals surface area contributed by atoms with Crippen molar-refractivity contribution in [2.75, 3.05) is 0 Å². The first kappa shape index (κ1) is 12.0. The highest BCUT2D eigenvalue weighted by Gasteiger charge is 2.26. The first-order chi connectivity index (χ1) is 7.56. The maximum atomic E-state index is 10.9. The first-order valence-corrected chi connectivity index (χ1v) is 5.06. The molecule has 0 radical (unpaired) electrons. The second-order valence-corrected chi connectivity index (χ2v) is 3.78. The number of amides is 1. The van der Waals surface area contributed by atoms with E-state index in [9.17, 15) is 4.79 Å². The normalized spacial score (nSPS) is 24.8. The molecule has 0 heterocycles. The van der Waals surface area contributed by atoms with E-state index in [1.165, 1.54) is 6.20 Å². The SMILES string of the molecule is N#C[C@H]1CCC[C@@H]1N/C=C(\C(=N)N)C(N)=O. The summed E-state index contributed by atoms with van der Waals surface area (Å²) < 4.78 is 0. The van der Waals surface area contributed by atoms with Crippen molar-refractivity contribution in [1.82, 2.24) is 5.32 Å². The van der Waals surface area contributed by atoms with Crippen LogP contribution in [0.1, 0.15) is 19.3 Å². The molecule has 1 rings (SSSR count). The highest BCUT2D eigenvalue weighted by Crippen LogP contribution is 2.24. The van der Waals surface area contributed by atoms with E-state index < -0.39 is 5.91 Å². The lowest BCUT2D eigenvalue weighted by Gasteiger charge is -2.14. The van der Waals surface area contributed by atoms with Gasteiger partial charge in [0.25, 0.3) is 5.91 Å². The van der Waals surface area contributed by atoms with Crippen molar-refractivity contribution in [3.05, 3.63) is 11.8 Å². The standard InChI is InChI=1S/C10H15N5O/c11-4-6-2-1-3-8(6)15-5-7(9(12)13)10(14)16/h5-6,8,15H,1-3H2,(H3,12,13)(H2,14,16)/b7-5+/t6-,8+/m1/s1. The largest absolute Gasteiger partial charge is 0.386 e. The van der Waals surface area contributed by atoms with Crippen molar-refractivity contribution >= 4 is 11.7 Å². The molecule has 0 aliphatic heterocycles. The smallest absolute Gasteiger partial charge is 0.253 e. The maximum Gasteiger partial charge on any atom is 0.253 e. The molecule has 1 aliphatic rings. The third-order valence-corrected chi connectivity index (χ3v) is 2.68. The molecule has 1 fully saturated rings. The fourth-order valence-corrected chi connectivity index (χ4v) is 1.79. The van der Waals surface area contributed by atoms with Crippen LogP contribution < -0.4 is 16.8 Å². The van der Waals surface area contributed by atoms with Crippen LogP contribution in [0.3, 0.4) is 0 Å². The minimum atomic E-state index is -0.744. The second-order valence-electron chi connectivity index (χ2n) is 3.78. The molecular weight excluding hydrogens is 206 g/mol. The number of nitriles is 1. The number of amidine groups is 1. The summed E-state index contributed by atoms with van der Waals surface area (Å²) in [5.74, 6) is -1.17. The Morgan fingerprint density at radius 3 is 2.69 bits per heavy atom. The van der Waals surface area contributed by atoms with Crippen LogP contribution in [-0.2, 0) is 4.79 Å². The van der Waals surface area contributed by atoms with Gasteiger partial charge in [0.1, 0.15) is 5.84 Å². The predicted octanol–water partition coefficient (Wildman–Crippen LogP) is -0.427. The van der Waals surface area contributed by atoms with Crippen LogP contribution >= 0.6 is 0 Å². The Balaban J connectivity index is 2.67. The van der Waals surface area contributed by atoms with Crippen molar-refractivity contribution in [3.63, 3.8) is 0 Å². The Morgan fingerprint density at radius 1 is 1.50 bits per heavy atom. The molecular formula is C10H15N5O. The molecule has 6 nitrogen and oxygen atoms in total. The number of carbonyl (C=O) groups is 1. The van der Waals surface area contributed by atoms with Gasteiger partial charge in [-0.25, -0.2) is 0 Å². The Kier molecular flexibility index (Phi) is 3.89. The highest BCUT2D eigenvalue weighted by molar-refractivity contribution is 6.18. The van der Waals surface area contributed by atoms with Crippen LogP contribution in [0, 0.1) is 22.7 Å². The molecule has 2 atom stereocenters. The van der Waals surface area contributed by atoms with Crippen molar-refractivity contribution in [2.24, 2.45) is 17.4 Å². The number of nitrogens with two attached hydrogens (primary N) is 2. The number of primary amides is 1. The molecule has 0 bridgehead atoms. The maximum absolute atomic E-state index is 10.9. The first-order valence-electron chi connectivity index (χ1n) is 5.06. The van der Waals surface area contributed by atoms with E-state index in [-0.39, 0.29) is 23.4 Å². The molecule has 0 saturated heterocycles. The number of hydrogen-bond acceptors (Lipinski definition) is 4. The van der Waals surface area contributed by atoms with Crippen molar-refractivity contribution < 1.29 is 4.79 Å². The Bertz CT molecular complexity index is 352. The minimum absolute atomic E-state index is 0.0127. The molecule has 0 unspecified atom stereocenters. The molecule has 0 aromatic rings. The Labute approximate surface area is 93.8 Å². The molecule has 6 N–H and O–H groups in total. The fourth-order valence-electron chi connectivity index (χ4n) is 1.79. The molecule has 86 valence electrons. The molecule has 0 aromatic heterocycles. The fraction of sp³-hybridized carbons (Fsp3) is 0.500. The van der Waals surface area contributed by atoms with Gasteiger partial charge in [0.05, 0.1) is 17.6 Å². The van der Waals surface area contributed by atoms with Crippen molar-refractivity contribution in [3.8, 4) is 6.07 Å². The minimum Gasteiger partial charge on any atom is -0.386 e. The lowest BCUT2D eigenvalue weighted by atomic mass is 10.1. The Hall–Kier alpha value is -2.03. The number of nitrogens with zero attached hydrogens (tertiary/aromatic N) is 1. The third-order valence-electron chi connectivity index (χ3n) is 2.68. The molecule has 1 aliphatic carbocycles. The van der Waals surface area contributed by atoms with E-state index in [1.807, 2.05) is 0 Å². The average Bonchev–Trinajstić information content (AvgIpc) is 2.64. The summed E-state index contributed by atoms with van der Waals surface area (Å²) in [4.78, 5) is 10.9. The topological polar surface area (TPSA) is 129 Å². The van der Waals surface area contributed by atoms with E-state index in [1.54, 1.807) is 0 Å². The summed E-state index contributed by atoms with van der Waals surface area (Å²) in [6, 6.07) is 2.22. The van der Waals surface area contributed by atoms with Gasteiger partial charge in [0, 0.05) is 12.2 Å². The number of rotatable bonds is 4. The van der Waals surface area contributed by atoms with Crippen LogP contribution in [0.5, 0.6) is 0 Å². The molecule has 6 heteroatoms. The summed E-state index contributed by atoms with van der Waals surface area (Å²) >= 11 is 0. The van der Waals surface area contributed by atoms with Gasteiger partial charge < -0.3 is 16.8 Å². The van der Waals surface area contributed by atoms with Gasteiger partial charge in [-0.05, 0) is 19.3 Å². The zero-order chi connectivity index (χ0) is 12.1. The van der Waals surface area contributed by atoms with E-state index in [2.05, 4.69) is 11.4 Å². The summed E-state index contributed by atoms with van der Waals surface area (Å²) in [6.45, 7) is 0. The van der Waals surface area contributed by atoms with E-state index in [0.717, 1.165) is 19.3 Å².